The van der Waals surface area contributed by atoms with Crippen LogP contribution in [-0.4, -0.2) is 27.2 Å². The third-order valence-electron chi connectivity index (χ3n) is 5.03. The first-order valence-electron chi connectivity index (χ1n) is 9.64. The number of aromatic nitrogens is 2. The second-order valence-electron chi connectivity index (χ2n) is 7.22. The Bertz CT molecular complexity index is 1140. The molecule has 156 valence electrons. The van der Waals surface area contributed by atoms with Crippen molar-refractivity contribution in [2.45, 2.75) is 33.7 Å². The molecule has 0 fully saturated rings. The van der Waals surface area contributed by atoms with Crippen molar-refractivity contribution in [2.75, 3.05) is 11.9 Å². The normalized spacial score (nSPS) is 10.8. The first kappa shape index (κ1) is 21.4. The molecule has 30 heavy (non-hydrogen) atoms. The van der Waals surface area contributed by atoms with Crippen LogP contribution in [0.4, 0.5) is 10.1 Å². The zero-order valence-electron chi connectivity index (χ0n) is 17.2. The van der Waals surface area contributed by atoms with E-state index in [9.17, 15) is 19.1 Å². The van der Waals surface area contributed by atoms with E-state index in [0.717, 1.165) is 11.1 Å². The Morgan fingerprint density at radius 1 is 1.10 bits per heavy atom. The van der Waals surface area contributed by atoms with Crippen molar-refractivity contribution in [2.24, 2.45) is 0 Å². The Kier molecular flexibility index (Phi) is 6.42. The number of aliphatic hydroxyl groups is 1. The van der Waals surface area contributed by atoms with Crippen molar-refractivity contribution < 1.29 is 14.3 Å². The van der Waals surface area contributed by atoms with E-state index in [1.165, 1.54) is 28.8 Å². The van der Waals surface area contributed by atoms with Gasteiger partial charge in [0.25, 0.3) is 5.56 Å². The van der Waals surface area contributed by atoms with E-state index in [2.05, 4.69) is 10.3 Å². The zero-order chi connectivity index (χ0) is 21.8. The van der Waals surface area contributed by atoms with E-state index in [0.29, 0.717) is 22.5 Å². The molecular weight excluding hydrogens is 385 g/mol. The summed E-state index contributed by atoms with van der Waals surface area (Å²) in [5.41, 5.74) is 3.73. The minimum Gasteiger partial charge on any atom is -0.396 e. The van der Waals surface area contributed by atoms with Crippen LogP contribution in [0, 0.1) is 26.6 Å². The molecule has 1 amide bonds. The van der Waals surface area contributed by atoms with E-state index in [1.54, 1.807) is 13.0 Å². The molecule has 0 spiro atoms. The topological polar surface area (TPSA) is 84.2 Å². The van der Waals surface area contributed by atoms with E-state index in [4.69, 9.17) is 0 Å². The summed E-state index contributed by atoms with van der Waals surface area (Å²) in [5, 5.41) is 12.1. The second kappa shape index (κ2) is 9.00. The number of carbonyl (C=O) groups is 1. The summed E-state index contributed by atoms with van der Waals surface area (Å²) in [5.74, 6) is -0.521. The maximum atomic E-state index is 13.4. The largest absolute Gasteiger partial charge is 0.396 e. The molecule has 7 heteroatoms. The Morgan fingerprint density at radius 3 is 2.43 bits per heavy atom. The summed E-state index contributed by atoms with van der Waals surface area (Å²) in [4.78, 5) is 30.3. The Morgan fingerprint density at radius 2 is 1.80 bits per heavy atom. The van der Waals surface area contributed by atoms with Gasteiger partial charge in [0.2, 0.25) is 5.91 Å². The summed E-state index contributed by atoms with van der Waals surface area (Å²) in [6, 6.07) is 11.2. The maximum Gasteiger partial charge on any atom is 0.257 e. The van der Waals surface area contributed by atoms with Crippen molar-refractivity contribution in [1.82, 2.24) is 9.55 Å². The van der Waals surface area contributed by atoms with Gasteiger partial charge in [0.05, 0.1) is 0 Å². The minimum absolute atomic E-state index is 0.139. The minimum atomic E-state index is -0.409. The number of hydrogen-bond donors (Lipinski definition) is 2. The van der Waals surface area contributed by atoms with Crippen molar-refractivity contribution in [3.8, 4) is 11.4 Å². The van der Waals surface area contributed by atoms with Gasteiger partial charge in [-0.05, 0) is 68.3 Å². The molecule has 0 saturated carbocycles. The number of hydrogen-bond acceptors (Lipinski definition) is 4. The van der Waals surface area contributed by atoms with E-state index < -0.39 is 11.4 Å². The van der Waals surface area contributed by atoms with Gasteiger partial charge in [-0.25, -0.2) is 9.37 Å². The number of aliphatic hydroxyl groups excluding tert-OH is 1. The molecule has 0 bridgehead atoms. The summed E-state index contributed by atoms with van der Waals surface area (Å²) in [7, 11) is 0. The van der Waals surface area contributed by atoms with Crippen molar-refractivity contribution in [3.63, 3.8) is 0 Å². The van der Waals surface area contributed by atoms with Crippen LogP contribution in [0.25, 0.3) is 11.4 Å². The fourth-order valence-electron chi connectivity index (χ4n) is 3.23. The monoisotopic (exact) mass is 409 g/mol. The average molecular weight is 409 g/mol. The quantitative estimate of drug-likeness (QED) is 0.655. The lowest BCUT2D eigenvalue weighted by molar-refractivity contribution is -0.116. The van der Waals surface area contributed by atoms with Crippen LogP contribution in [0.15, 0.2) is 47.3 Å². The summed E-state index contributed by atoms with van der Waals surface area (Å²) >= 11 is 0. The molecule has 2 aromatic carbocycles. The second-order valence-corrected chi connectivity index (χ2v) is 7.22. The molecule has 0 aliphatic carbocycles. The maximum absolute atomic E-state index is 13.4. The fraction of sp³-hybridized carbons (Fsp3) is 0.261. The van der Waals surface area contributed by atoms with Crippen LogP contribution in [0.5, 0.6) is 0 Å². The first-order valence-corrected chi connectivity index (χ1v) is 9.64. The number of nitrogens with one attached hydrogen (secondary N) is 1. The lowest BCUT2D eigenvalue weighted by atomic mass is 10.1. The van der Waals surface area contributed by atoms with Crippen molar-refractivity contribution >= 4 is 11.6 Å². The highest BCUT2D eigenvalue weighted by molar-refractivity contribution is 5.91. The summed E-state index contributed by atoms with van der Waals surface area (Å²) < 4.78 is 14.6. The van der Waals surface area contributed by atoms with Crippen LogP contribution in [0.3, 0.4) is 0 Å². The van der Waals surface area contributed by atoms with Gasteiger partial charge in [0, 0.05) is 35.5 Å². The molecule has 6 nitrogen and oxygen atoms in total. The highest BCUT2D eigenvalue weighted by Gasteiger charge is 2.18. The molecule has 0 radical (unpaired) electrons. The average Bonchev–Trinajstić information content (AvgIpc) is 2.70. The predicted octanol–water partition coefficient (Wildman–Crippen LogP) is 3.15. The fourth-order valence-corrected chi connectivity index (χ4v) is 3.23. The number of carbonyl (C=O) groups excluding carboxylic acids is 1. The number of rotatable bonds is 6. The van der Waals surface area contributed by atoms with Gasteiger partial charge in [-0.1, -0.05) is 6.07 Å². The lowest BCUT2D eigenvalue weighted by Crippen LogP contribution is -2.33. The third-order valence-corrected chi connectivity index (χ3v) is 5.03. The van der Waals surface area contributed by atoms with Crippen LogP contribution >= 0.6 is 0 Å². The molecule has 2 N–H and O–H groups in total. The Balaban J connectivity index is 2.01. The van der Waals surface area contributed by atoms with Gasteiger partial charge < -0.3 is 10.4 Å². The van der Waals surface area contributed by atoms with E-state index in [-0.39, 0.29) is 31.3 Å². The summed E-state index contributed by atoms with van der Waals surface area (Å²) in [6.45, 7) is 5.15. The van der Waals surface area contributed by atoms with Gasteiger partial charge in [0.1, 0.15) is 18.2 Å². The zero-order valence-corrected chi connectivity index (χ0v) is 17.2. The van der Waals surface area contributed by atoms with Gasteiger partial charge in [-0.15, -0.1) is 0 Å². The van der Waals surface area contributed by atoms with Crippen LogP contribution in [-0.2, 0) is 17.8 Å². The smallest absolute Gasteiger partial charge is 0.257 e. The molecule has 0 aliphatic rings. The Hall–Kier alpha value is -3.32. The number of anilines is 1. The molecule has 3 rings (SSSR count). The number of benzene rings is 2. The molecule has 1 aromatic heterocycles. The molecule has 0 unspecified atom stereocenters. The molecule has 0 saturated heterocycles. The molecule has 3 aromatic rings. The predicted molar refractivity (Wildman–Crippen MR) is 114 cm³/mol. The van der Waals surface area contributed by atoms with Crippen LogP contribution in [0.1, 0.15) is 22.4 Å². The number of amides is 1. The highest BCUT2D eigenvalue weighted by Crippen LogP contribution is 2.19. The number of halogens is 1. The highest BCUT2D eigenvalue weighted by atomic mass is 19.1. The SMILES string of the molecule is Cc1ccc(NC(=O)Cn2c(-c3ccc(F)cc3)nc(C)c(CCO)c2=O)cc1C. The van der Waals surface area contributed by atoms with Crippen molar-refractivity contribution in [1.29, 1.82) is 0 Å². The van der Waals surface area contributed by atoms with Crippen LogP contribution in [0.2, 0.25) is 0 Å². The molecular formula is C23H24FN3O3. The first-order chi connectivity index (χ1) is 14.3. The van der Waals surface area contributed by atoms with Crippen LogP contribution < -0.4 is 10.9 Å². The Labute approximate surface area is 174 Å². The summed E-state index contributed by atoms with van der Waals surface area (Å²) in [6.07, 6.45) is 0.139. The van der Waals surface area contributed by atoms with E-state index in [1.807, 2.05) is 26.0 Å². The standard InChI is InChI=1S/C23H24FN3O3/c1-14-4-9-19(12-15(14)2)26-21(29)13-27-22(17-5-7-18(24)8-6-17)25-16(3)20(10-11-28)23(27)30/h4-9,12,28H,10-11,13H2,1-3H3,(H,26,29). The number of nitrogens with zero attached hydrogens (tertiary/aromatic N) is 2. The lowest BCUT2D eigenvalue weighted by Gasteiger charge is -2.16. The van der Waals surface area contributed by atoms with Crippen molar-refractivity contribution in [3.05, 3.63) is 81.0 Å². The van der Waals surface area contributed by atoms with E-state index >= 15 is 0 Å². The molecule has 1 heterocycles. The van der Waals surface area contributed by atoms with Gasteiger partial charge in [-0.3, -0.25) is 14.2 Å². The van der Waals surface area contributed by atoms with Gasteiger partial charge in [0.15, 0.2) is 0 Å². The van der Waals surface area contributed by atoms with Gasteiger partial charge in [-0.2, -0.15) is 0 Å². The third kappa shape index (κ3) is 4.63. The molecule has 0 atom stereocenters. The van der Waals surface area contributed by atoms with Gasteiger partial charge >= 0.3 is 0 Å². The molecule has 0 aliphatic heterocycles. The number of aryl methyl sites for hydroxylation is 3.